The van der Waals surface area contributed by atoms with Crippen LogP contribution in [0.15, 0.2) is 0 Å². The highest BCUT2D eigenvalue weighted by Gasteiger charge is 2.29. The maximum Gasteiger partial charge on any atom is 0.351 e. The summed E-state index contributed by atoms with van der Waals surface area (Å²) in [7, 11) is 0. The van der Waals surface area contributed by atoms with Crippen molar-refractivity contribution < 1.29 is 19.6 Å². The van der Waals surface area contributed by atoms with Crippen LogP contribution in [0.4, 0.5) is 4.79 Å². The van der Waals surface area contributed by atoms with Crippen molar-refractivity contribution in [1.82, 2.24) is 15.3 Å². The van der Waals surface area contributed by atoms with Gasteiger partial charge in [-0.05, 0) is 0 Å². The van der Waals surface area contributed by atoms with E-state index in [1.165, 1.54) is 0 Å². The van der Waals surface area contributed by atoms with Gasteiger partial charge in [0.05, 0.1) is 13.2 Å². The second-order valence-corrected chi connectivity index (χ2v) is 2.44. The normalized spacial score (nSPS) is 16.1. The average molecular weight is 187 g/mol. The molecule has 0 atom stereocenters. The highest BCUT2D eigenvalue weighted by Crippen LogP contribution is 1.99. The molecule has 0 aromatic heterocycles. The van der Waals surface area contributed by atoms with Crippen LogP contribution >= 0.6 is 0 Å². The van der Waals surface area contributed by atoms with Crippen LogP contribution in [0.3, 0.4) is 0 Å². The number of rotatable bonds is 2. The van der Waals surface area contributed by atoms with E-state index in [0.717, 1.165) is 4.90 Å². The second-order valence-electron chi connectivity index (χ2n) is 2.44. The van der Waals surface area contributed by atoms with E-state index in [4.69, 9.17) is 5.21 Å². The molecule has 7 nitrogen and oxygen atoms in total. The number of carbonyl (C=O) groups is 3. The molecule has 0 aromatic carbocycles. The van der Waals surface area contributed by atoms with E-state index in [1.54, 1.807) is 0 Å². The van der Waals surface area contributed by atoms with Crippen LogP contribution in [-0.4, -0.2) is 53.2 Å². The molecule has 1 aliphatic heterocycles. The molecule has 1 aliphatic rings. The number of aldehydes is 1. The molecule has 1 heterocycles. The maximum atomic E-state index is 11.1. The van der Waals surface area contributed by atoms with Gasteiger partial charge in [0.1, 0.15) is 12.8 Å². The predicted molar refractivity (Wildman–Crippen MR) is 39.7 cm³/mol. The summed E-state index contributed by atoms with van der Waals surface area (Å²) < 4.78 is 0. The highest BCUT2D eigenvalue weighted by atomic mass is 16.5. The molecule has 13 heavy (non-hydrogen) atoms. The van der Waals surface area contributed by atoms with E-state index in [2.05, 4.69) is 5.32 Å². The molecule has 0 spiro atoms. The summed E-state index contributed by atoms with van der Waals surface area (Å²) in [6.45, 7) is -0.309. The van der Waals surface area contributed by atoms with Crippen molar-refractivity contribution in [2.24, 2.45) is 0 Å². The van der Waals surface area contributed by atoms with Gasteiger partial charge in [0.15, 0.2) is 0 Å². The Morgan fingerprint density at radius 2 is 2.46 bits per heavy atom. The van der Waals surface area contributed by atoms with Crippen molar-refractivity contribution in [2.75, 3.05) is 19.8 Å². The lowest BCUT2D eigenvalue weighted by Gasteiger charge is -2.18. The average Bonchev–Trinajstić information content (AvgIpc) is 2.50. The number of hydrogen-bond acceptors (Lipinski definition) is 5. The van der Waals surface area contributed by atoms with E-state index in [1.807, 2.05) is 0 Å². The fraction of sp³-hybridized carbons (Fsp3) is 0.500. The van der Waals surface area contributed by atoms with Crippen molar-refractivity contribution in [1.29, 1.82) is 0 Å². The fourth-order valence-electron chi connectivity index (χ4n) is 0.921. The predicted octanol–water partition coefficient (Wildman–Crippen LogP) is -1.61. The second kappa shape index (κ2) is 3.97. The number of nitrogens with zero attached hydrogens (tertiary/aromatic N) is 2. The van der Waals surface area contributed by atoms with Gasteiger partial charge in [0.2, 0.25) is 5.91 Å². The van der Waals surface area contributed by atoms with Crippen molar-refractivity contribution in [3.8, 4) is 0 Å². The largest absolute Gasteiger partial charge is 0.351 e. The summed E-state index contributed by atoms with van der Waals surface area (Å²) in [6.07, 6.45) is 0.367. The first kappa shape index (κ1) is 9.62. The molecule has 1 fully saturated rings. The Kier molecular flexibility index (Phi) is 2.93. The molecule has 1 rings (SSSR count). The molecule has 0 saturated carbocycles. The number of hydrogen-bond donors (Lipinski definition) is 2. The Morgan fingerprint density at radius 3 is 2.92 bits per heavy atom. The van der Waals surface area contributed by atoms with E-state index in [-0.39, 0.29) is 18.3 Å². The Morgan fingerprint density at radius 1 is 1.77 bits per heavy atom. The summed E-state index contributed by atoms with van der Waals surface area (Å²) in [4.78, 5) is 32.8. The lowest BCUT2D eigenvalue weighted by molar-refractivity contribution is -0.129. The third-order valence-electron chi connectivity index (χ3n) is 1.55. The number of imide groups is 1. The van der Waals surface area contributed by atoms with Crippen molar-refractivity contribution >= 4 is 18.2 Å². The number of nitrogens with one attached hydrogen (secondary N) is 1. The molecular weight excluding hydrogens is 178 g/mol. The summed E-state index contributed by atoms with van der Waals surface area (Å²) in [6, 6.07) is -0.887. The van der Waals surface area contributed by atoms with Gasteiger partial charge in [-0.1, -0.05) is 0 Å². The Labute approximate surface area is 73.9 Å². The molecule has 0 unspecified atom stereocenters. The Bertz CT molecular complexity index is 242. The molecule has 1 saturated heterocycles. The lowest BCUT2D eigenvalue weighted by Crippen LogP contribution is -2.43. The number of amides is 3. The SMILES string of the molecule is O=CCN(O)C(=O)N1CNCC1=O. The minimum Gasteiger partial charge on any atom is -0.301 e. The van der Waals surface area contributed by atoms with Gasteiger partial charge in [-0.15, -0.1) is 0 Å². The number of hydroxylamine groups is 2. The molecular formula is C6H9N3O4. The minimum atomic E-state index is -0.887. The molecule has 3 amide bonds. The van der Waals surface area contributed by atoms with Gasteiger partial charge in [-0.3, -0.25) is 15.3 Å². The Balaban J connectivity index is 2.55. The van der Waals surface area contributed by atoms with Crippen LogP contribution in [0, 0.1) is 0 Å². The topological polar surface area (TPSA) is 90.0 Å². The van der Waals surface area contributed by atoms with Gasteiger partial charge in [0.25, 0.3) is 0 Å². The summed E-state index contributed by atoms with van der Waals surface area (Å²) in [5.74, 6) is -0.421. The first-order valence-corrected chi connectivity index (χ1v) is 3.62. The fourth-order valence-corrected chi connectivity index (χ4v) is 0.921. The number of carbonyl (C=O) groups excluding carboxylic acids is 3. The smallest absolute Gasteiger partial charge is 0.301 e. The van der Waals surface area contributed by atoms with Crippen LogP contribution in [0.1, 0.15) is 0 Å². The van der Waals surface area contributed by atoms with Crippen LogP contribution in [0.5, 0.6) is 0 Å². The van der Waals surface area contributed by atoms with Gasteiger partial charge in [-0.2, -0.15) is 5.06 Å². The zero-order valence-electron chi connectivity index (χ0n) is 6.77. The first-order valence-electron chi connectivity index (χ1n) is 3.62. The summed E-state index contributed by atoms with van der Waals surface area (Å²) >= 11 is 0. The van der Waals surface area contributed by atoms with Gasteiger partial charge >= 0.3 is 6.03 Å². The lowest BCUT2D eigenvalue weighted by atomic mass is 10.6. The molecule has 7 heteroatoms. The number of urea groups is 1. The van der Waals surface area contributed by atoms with Crippen molar-refractivity contribution in [3.63, 3.8) is 0 Å². The first-order chi connectivity index (χ1) is 6.16. The van der Waals surface area contributed by atoms with Gasteiger partial charge < -0.3 is 4.79 Å². The monoisotopic (exact) mass is 187 g/mol. The van der Waals surface area contributed by atoms with Crippen LogP contribution in [-0.2, 0) is 9.59 Å². The molecule has 72 valence electrons. The molecule has 0 radical (unpaired) electrons. The van der Waals surface area contributed by atoms with Crippen molar-refractivity contribution in [3.05, 3.63) is 0 Å². The van der Waals surface area contributed by atoms with E-state index in [9.17, 15) is 14.4 Å². The minimum absolute atomic E-state index is 0.0631. The molecule has 0 bridgehead atoms. The summed E-state index contributed by atoms with van der Waals surface area (Å²) in [5, 5.41) is 11.7. The third-order valence-corrected chi connectivity index (χ3v) is 1.55. The molecule has 2 N–H and O–H groups in total. The zero-order valence-corrected chi connectivity index (χ0v) is 6.77. The van der Waals surface area contributed by atoms with Gasteiger partial charge in [0, 0.05) is 0 Å². The van der Waals surface area contributed by atoms with E-state index >= 15 is 0 Å². The summed E-state index contributed by atoms with van der Waals surface area (Å²) in [5.41, 5.74) is 0. The standard InChI is InChI=1S/C6H9N3O4/c10-2-1-9(13)6(12)8-4-7-3-5(8)11/h2,7,13H,1,3-4H2. The molecule has 0 aromatic rings. The van der Waals surface area contributed by atoms with Crippen LogP contribution in [0.2, 0.25) is 0 Å². The van der Waals surface area contributed by atoms with Crippen LogP contribution in [0.25, 0.3) is 0 Å². The van der Waals surface area contributed by atoms with Crippen LogP contribution < -0.4 is 5.32 Å². The van der Waals surface area contributed by atoms with E-state index < -0.39 is 18.5 Å². The molecule has 0 aliphatic carbocycles. The quantitative estimate of drug-likeness (QED) is 0.308. The Hall–Kier alpha value is -1.47. The van der Waals surface area contributed by atoms with E-state index in [0.29, 0.717) is 6.29 Å². The third kappa shape index (κ3) is 2.01. The maximum absolute atomic E-state index is 11.1. The highest BCUT2D eigenvalue weighted by molar-refractivity contribution is 5.96. The van der Waals surface area contributed by atoms with Gasteiger partial charge in [-0.25, -0.2) is 9.69 Å². The van der Waals surface area contributed by atoms with Crippen molar-refractivity contribution in [2.45, 2.75) is 0 Å². The zero-order chi connectivity index (χ0) is 9.84.